The zero-order chi connectivity index (χ0) is 17.9. The zero-order valence-corrected chi connectivity index (χ0v) is 18.5. The molecule has 0 spiro atoms. The second kappa shape index (κ2) is 8.83. The van der Waals surface area contributed by atoms with Gasteiger partial charge in [0.05, 0.1) is 11.4 Å². The molecule has 0 amide bonds. The summed E-state index contributed by atoms with van der Waals surface area (Å²) in [5, 5.41) is 4.53. The predicted octanol–water partition coefficient (Wildman–Crippen LogP) is 3.55. The molecule has 0 aliphatic rings. The van der Waals surface area contributed by atoms with E-state index < -0.39 is 0 Å². The van der Waals surface area contributed by atoms with E-state index in [2.05, 4.69) is 99.2 Å². The third-order valence-electron chi connectivity index (χ3n) is 4.23. The molecule has 0 saturated heterocycles. The van der Waals surface area contributed by atoms with Gasteiger partial charge in [0.15, 0.2) is 4.80 Å². The Kier molecular flexibility index (Phi) is 6.47. The van der Waals surface area contributed by atoms with Gasteiger partial charge in [-0.25, -0.2) is 4.99 Å². The summed E-state index contributed by atoms with van der Waals surface area (Å²) in [7, 11) is 0. The van der Waals surface area contributed by atoms with Gasteiger partial charge in [-0.05, 0) is 29.1 Å². The van der Waals surface area contributed by atoms with Crippen molar-refractivity contribution in [2.45, 2.75) is 6.54 Å². The van der Waals surface area contributed by atoms with Gasteiger partial charge >= 0.3 is 0 Å². The lowest BCUT2D eigenvalue weighted by Crippen LogP contribution is -3.00. The van der Waals surface area contributed by atoms with Gasteiger partial charge in [0.25, 0.3) is 0 Å². The third kappa shape index (κ3) is 4.15. The molecule has 1 heterocycles. The molecule has 3 aromatic carbocycles. The number of aromatic nitrogens is 1. The van der Waals surface area contributed by atoms with Crippen molar-refractivity contribution < 1.29 is 17.0 Å². The lowest BCUT2D eigenvalue weighted by Gasteiger charge is -2.07. The second-order valence-electron chi connectivity index (χ2n) is 5.92. The molecule has 0 radical (unpaired) electrons. The number of allylic oxidation sites excluding steroid dienone is 1. The lowest BCUT2D eigenvalue weighted by molar-refractivity contribution is -0.00000490. The van der Waals surface area contributed by atoms with Gasteiger partial charge in [0.2, 0.25) is 0 Å². The van der Waals surface area contributed by atoms with Crippen molar-refractivity contribution in [2.75, 3.05) is 0 Å². The topological polar surface area (TPSA) is 17.3 Å². The van der Waals surface area contributed by atoms with Crippen LogP contribution in [0.5, 0.6) is 0 Å². The molecule has 5 heteroatoms. The van der Waals surface area contributed by atoms with Crippen LogP contribution in [0.3, 0.4) is 0 Å². The van der Waals surface area contributed by atoms with Crippen LogP contribution in [0.15, 0.2) is 94.2 Å². The van der Waals surface area contributed by atoms with Crippen LogP contribution >= 0.6 is 27.3 Å². The summed E-state index contributed by atoms with van der Waals surface area (Å²) < 4.78 is 3.29. The lowest BCUT2D eigenvalue weighted by atomic mass is 10.1. The van der Waals surface area contributed by atoms with E-state index in [-0.39, 0.29) is 17.0 Å². The van der Waals surface area contributed by atoms with Gasteiger partial charge in [-0.1, -0.05) is 70.5 Å². The van der Waals surface area contributed by atoms with E-state index in [4.69, 9.17) is 4.99 Å². The molecule has 0 atom stereocenters. The van der Waals surface area contributed by atoms with Gasteiger partial charge in [-0.15, -0.1) is 17.9 Å². The van der Waals surface area contributed by atoms with E-state index in [1.54, 1.807) is 11.3 Å². The summed E-state index contributed by atoms with van der Waals surface area (Å²) in [5.74, 6) is 0. The molecule has 0 aliphatic heterocycles. The number of rotatable bonds is 4. The molecule has 0 unspecified atom stereocenters. The van der Waals surface area contributed by atoms with Gasteiger partial charge in [-0.3, -0.25) is 0 Å². The molecular weight excluding hydrogens is 484 g/mol. The number of halogens is 2. The highest BCUT2D eigenvalue weighted by Crippen LogP contribution is 2.26. The number of hydrogen-bond acceptors (Lipinski definition) is 2. The van der Waals surface area contributed by atoms with Crippen molar-refractivity contribution in [3.8, 4) is 11.3 Å². The summed E-state index contributed by atoms with van der Waals surface area (Å²) in [4.78, 5) is 5.95. The van der Waals surface area contributed by atoms with Crippen LogP contribution in [0.1, 0.15) is 0 Å². The fourth-order valence-corrected chi connectivity index (χ4v) is 4.18. The third-order valence-corrected chi connectivity index (χ3v) is 5.62. The standard InChI is InChI=1S/C22H17BrN2S.BrH/c1-2-14-25-21(17-10-12-18(23)13-11-17)15-26-22(25)24-20-9-5-7-16-6-3-4-8-19(16)20;/h2-13,15H,1,14H2;1H/p-1. The molecule has 4 rings (SSSR count). The number of hydrogen-bond donors (Lipinski definition) is 0. The quantitative estimate of drug-likeness (QED) is 0.381. The summed E-state index contributed by atoms with van der Waals surface area (Å²) in [6, 6.07) is 23.0. The Bertz CT molecular complexity index is 1140. The highest BCUT2D eigenvalue weighted by Gasteiger charge is 2.08. The van der Waals surface area contributed by atoms with Crippen LogP contribution in [0.2, 0.25) is 0 Å². The molecule has 2 nitrogen and oxygen atoms in total. The van der Waals surface area contributed by atoms with Crippen LogP contribution in [0.25, 0.3) is 22.0 Å². The first-order valence-corrected chi connectivity index (χ1v) is 10.0. The zero-order valence-electron chi connectivity index (χ0n) is 14.5. The highest BCUT2D eigenvalue weighted by atomic mass is 79.9. The van der Waals surface area contributed by atoms with E-state index in [0.717, 1.165) is 27.2 Å². The Morgan fingerprint density at radius 1 is 1.00 bits per heavy atom. The summed E-state index contributed by atoms with van der Waals surface area (Å²) in [6.07, 6.45) is 1.91. The summed E-state index contributed by atoms with van der Waals surface area (Å²) in [5.41, 5.74) is 3.32. The van der Waals surface area contributed by atoms with Crippen LogP contribution in [0.4, 0.5) is 5.69 Å². The average Bonchev–Trinajstić information content (AvgIpc) is 3.06. The van der Waals surface area contributed by atoms with Crippen LogP contribution in [-0.4, -0.2) is 4.57 Å². The molecule has 0 bridgehead atoms. The van der Waals surface area contributed by atoms with E-state index >= 15 is 0 Å². The Labute approximate surface area is 181 Å². The van der Waals surface area contributed by atoms with E-state index in [1.807, 2.05) is 6.08 Å². The minimum atomic E-state index is 0. The van der Waals surface area contributed by atoms with Crippen molar-refractivity contribution in [1.29, 1.82) is 0 Å². The monoisotopic (exact) mass is 499 g/mol. The van der Waals surface area contributed by atoms with Crippen molar-refractivity contribution in [3.63, 3.8) is 0 Å². The molecule has 0 saturated carbocycles. The second-order valence-corrected chi connectivity index (χ2v) is 7.67. The number of thiazole rings is 1. The SMILES string of the molecule is C=CCn1c(-c2ccc(Br)cc2)csc1=Nc1cccc2ccccc12.[Br-]. The first-order valence-electron chi connectivity index (χ1n) is 8.34. The highest BCUT2D eigenvalue weighted by molar-refractivity contribution is 9.10. The normalized spacial score (nSPS) is 11.4. The maximum Gasteiger partial charge on any atom is 0.190 e. The Morgan fingerprint density at radius 2 is 1.74 bits per heavy atom. The van der Waals surface area contributed by atoms with Gasteiger partial charge in [-0.2, -0.15) is 0 Å². The van der Waals surface area contributed by atoms with Gasteiger partial charge in [0, 0.05) is 21.8 Å². The maximum absolute atomic E-state index is 4.98. The fourth-order valence-electron chi connectivity index (χ4n) is 2.98. The van der Waals surface area contributed by atoms with Crippen molar-refractivity contribution in [2.24, 2.45) is 4.99 Å². The van der Waals surface area contributed by atoms with Gasteiger partial charge in [0.1, 0.15) is 0 Å². The maximum atomic E-state index is 4.98. The van der Waals surface area contributed by atoms with Gasteiger partial charge < -0.3 is 21.5 Å². The Hall–Kier alpha value is -1.95. The summed E-state index contributed by atoms with van der Waals surface area (Å²) >= 11 is 5.16. The Morgan fingerprint density at radius 3 is 2.52 bits per heavy atom. The molecule has 27 heavy (non-hydrogen) atoms. The number of benzene rings is 3. The summed E-state index contributed by atoms with van der Waals surface area (Å²) in [6.45, 7) is 4.64. The molecule has 1 aromatic heterocycles. The molecule has 136 valence electrons. The smallest absolute Gasteiger partial charge is 0.190 e. The number of nitrogens with zero attached hydrogens (tertiary/aromatic N) is 2. The Balaban J connectivity index is 0.00000210. The largest absolute Gasteiger partial charge is 1.00 e. The van der Waals surface area contributed by atoms with Crippen LogP contribution < -0.4 is 21.8 Å². The molecule has 0 fully saturated rings. The molecule has 0 aliphatic carbocycles. The first-order chi connectivity index (χ1) is 12.8. The first kappa shape index (κ1) is 19.8. The van der Waals surface area contributed by atoms with Crippen molar-refractivity contribution in [3.05, 3.63) is 94.0 Å². The van der Waals surface area contributed by atoms with Crippen molar-refractivity contribution >= 4 is 43.7 Å². The number of fused-ring (bicyclic) bond motifs is 1. The van der Waals surface area contributed by atoms with E-state index in [1.165, 1.54) is 16.3 Å². The minimum Gasteiger partial charge on any atom is -1.00 e. The average molecular weight is 501 g/mol. The fraction of sp³-hybridized carbons (Fsp3) is 0.0455. The van der Waals surface area contributed by atoms with Crippen LogP contribution in [-0.2, 0) is 6.54 Å². The van der Waals surface area contributed by atoms with E-state index in [9.17, 15) is 0 Å². The van der Waals surface area contributed by atoms with E-state index in [0.29, 0.717) is 0 Å². The molecular formula is C22H17Br2N2S-. The molecule has 0 N–H and O–H groups in total. The van der Waals surface area contributed by atoms with Crippen LogP contribution in [0, 0.1) is 0 Å². The molecule has 4 aromatic rings. The minimum absolute atomic E-state index is 0. The van der Waals surface area contributed by atoms with Crippen molar-refractivity contribution in [1.82, 2.24) is 4.57 Å². The predicted molar refractivity (Wildman–Crippen MR) is 115 cm³/mol.